The first-order valence-corrected chi connectivity index (χ1v) is 8.45. The van der Waals surface area contributed by atoms with Crippen molar-refractivity contribution < 1.29 is 9.18 Å². The van der Waals surface area contributed by atoms with Gasteiger partial charge in [-0.15, -0.1) is 11.3 Å². The van der Waals surface area contributed by atoms with Crippen LogP contribution in [0.3, 0.4) is 0 Å². The van der Waals surface area contributed by atoms with Crippen molar-refractivity contribution in [3.63, 3.8) is 0 Å². The predicted molar refractivity (Wildman–Crippen MR) is 90.3 cm³/mol. The largest absolute Gasteiger partial charge is 0.319 e. The summed E-state index contributed by atoms with van der Waals surface area (Å²) in [5, 5.41) is 0.356. The van der Waals surface area contributed by atoms with Gasteiger partial charge >= 0.3 is 5.91 Å². The fraction of sp³-hybridized carbons (Fsp3) is 0.0625. The first-order valence-electron chi connectivity index (χ1n) is 6.81. The highest BCUT2D eigenvalue weighted by Crippen LogP contribution is 2.22. The summed E-state index contributed by atoms with van der Waals surface area (Å²) in [5.41, 5.74) is 1.63. The number of carbonyl (C=O) groups excluding carboxylic acids is 1. The van der Waals surface area contributed by atoms with Gasteiger partial charge in [-0.3, -0.25) is 4.79 Å². The van der Waals surface area contributed by atoms with Gasteiger partial charge < -0.3 is 4.57 Å². The van der Waals surface area contributed by atoms with Crippen LogP contribution in [0, 0.1) is 5.82 Å². The first kappa shape index (κ1) is 14.2. The minimum Gasteiger partial charge on any atom is -0.319 e. The van der Waals surface area contributed by atoms with Gasteiger partial charge in [-0.05, 0) is 30.3 Å². The Morgan fingerprint density at radius 3 is 2.83 bits per heavy atom. The van der Waals surface area contributed by atoms with Crippen LogP contribution >= 0.6 is 22.7 Å². The van der Waals surface area contributed by atoms with Crippen LogP contribution in [0.4, 0.5) is 4.39 Å². The van der Waals surface area contributed by atoms with E-state index in [4.69, 9.17) is 0 Å². The molecule has 0 unspecified atom stereocenters. The number of amides is 1. The number of aromatic nitrogens is 2. The molecule has 4 aromatic rings. The Balaban J connectivity index is 1.83. The minimum atomic E-state index is -0.381. The molecule has 114 valence electrons. The molecule has 0 bridgehead atoms. The molecule has 23 heavy (non-hydrogen) atoms. The van der Waals surface area contributed by atoms with E-state index in [2.05, 4.69) is 9.98 Å². The zero-order valence-electron chi connectivity index (χ0n) is 12.0. The van der Waals surface area contributed by atoms with Gasteiger partial charge in [0.15, 0.2) is 9.81 Å². The topological polar surface area (TPSA) is 47.2 Å². The number of para-hydroxylation sites is 1. The van der Waals surface area contributed by atoms with Crippen LogP contribution in [0.1, 0.15) is 9.80 Å². The maximum absolute atomic E-state index is 13.3. The standard InChI is InChI=1S/C16H10FN3OS2/c1-20-11-7-6-9(17)8-13(11)23-16(20)19-14(21)15-18-10-4-2-3-5-12(10)22-15/h2-8H,1H3. The Labute approximate surface area is 138 Å². The van der Waals surface area contributed by atoms with Crippen LogP contribution in [0.15, 0.2) is 47.5 Å². The van der Waals surface area contributed by atoms with E-state index in [0.717, 1.165) is 20.4 Å². The van der Waals surface area contributed by atoms with Crippen molar-refractivity contribution in [3.05, 3.63) is 58.1 Å². The zero-order valence-corrected chi connectivity index (χ0v) is 13.6. The Morgan fingerprint density at radius 1 is 1.17 bits per heavy atom. The van der Waals surface area contributed by atoms with E-state index in [0.29, 0.717) is 9.81 Å². The summed E-state index contributed by atoms with van der Waals surface area (Å²) in [5.74, 6) is -0.683. The number of benzene rings is 2. The highest BCUT2D eigenvalue weighted by Gasteiger charge is 2.12. The van der Waals surface area contributed by atoms with Crippen LogP contribution in [-0.2, 0) is 7.05 Å². The van der Waals surface area contributed by atoms with Crippen LogP contribution in [-0.4, -0.2) is 15.5 Å². The molecule has 0 fully saturated rings. The van der Waals surface area contributed by atoms with E-state index in [1.165, 1.54) is 34.8 Å². The molecule has 0 spiro atoms. The van der Waals surface area contributed by atoms with Gasteiger partial charge in [0.05, 0.1) is 20.4 Å². The van der Waals surface area contributed by atoms with Gasteiger partial charge in [0, 0.05) is 7.05 Å². The van der Waals surface area contributed by atoms with Crippen LogP contribution < -0.4 is 4.80 Å². The van der Waals surface area contributed by atoms with Crippen molar-refractivity contribution in [3.8, 4) is 0 Å². The molecule has 7 heteroatoms. The lowest BCUT2D eigenvalue weighted by Crippen LogP contribution is -2.13. The SMILES string of the molecule is Cn1c(=NC(=O)c2nc3ccccc3s2)sc2cc(F)ccc21. The van der Waals surface area contributed by atoms with Crippen molar-refractivity contribution in [2.45, 2.75) is 0 Å². The summed E-state index contributed by atoms with van der Waals surface area (Å²) in [6.07, 6.45) is 0. The number of halogens is 1. The highest BCUT2D eigenvalue weighted by molar-refractivity contribution is 7.20. The molecule has 0 saturated heterocycles. The van der Waals surface area contributed by atoms with Crippen LogP contribution in [0.5, 0.6) is 0 Å². The number of hydrogen-bond acceptors (Lipinski definition) is 4. The van der Waals surface area contributed by atoms with E-state index in [-0.39, 0.29) is 11.7 Å². The molecule has 2 heterocycles. The Morgan fingerprint density at radius 2 is 2.00 bits per heavy atom. The van der Waals surface area contributed by atoms with E-state index in [1.807, 2.05) is 24.3 Å². The van der Waals surface area contributed by atoms with Crippen LogP contribution in [0.2, 0.25) is 0 Å². The second-order valence-corrected chi connectivity index (χ2v) is 7.00. The fourth-order valence-corrected chi connectivity index (χ4v) is 4.20. The average Bonchev–Trinajstić information content (AvgIpc) is 3.09. The molecule has 2 aromatic carbocycles. The highest BCUT2D eigenvalue weighted by atomic mass is 32.1. The summed E-state index contributed by atoms with van der Waals surface area (Å²) in [6.45, 7) is 0. The molecule has 4 nitrogen and oxygen atoms in total. The quantitative estimate of drug-likeness (QED) is 0.529. The molecule has 0 saturated carbocycles. The number of thiazole rings is 2. The Hall–Kier alpha value is -2.38. The third-order valence-electron chi connectivity index (χ3n) is 3.45. The number of carbonyl (C=O) groups is 1. The Bertz CT molecular complexity index is 1090. The number of hydrogen-bond donors (Lipinski definition) is 0. The van der Waals surface area contributed by atoms with Gasteiger partial charge in [0.2, 0.25) is 0 Å². The Kier molecular flexibility index (Phi) is 3.32. The van der Waals surface area contributed by atoms with Crippen molar-refractivity contribution in [1.82, 2.24) is 9.55 Å². The summed E-state index contributed by atoms with van der Waals surface area (Å²) in [4.78, 5) is 21.4. The van der Waals surface area contributed by atoms with Gasteiger partial charge in [-0.1, -0.05) is 23.5 Å². The zero-order chi connectivity index (χ0) is 16.0. The molecule has 2 aromatic heterocycles. The summed E-state index contributed by atoms with van der Waals surface area (Å²) < 4.78 is 16.8. The molecule has 0 aliphatic rings. The molecular weight excluding hydrogens is 333 g/mol. The second kappa shape index (κ2) is 5.36. The lowest BCUT2D eigenvalue weighted by atomic mass is 10.3. The number of fused-ring (bicyclic) bond motifs is 2. The normalized spacial score (nSPS) is 12.3. The van der Waals surface area contributed by atoms with Gasteiger partial charge in [-0.2, -0.15) is 4.99 Å². The smallest absolute Gasteiger partial charge is 0.308 e. The van der Waals surface area contributed by atoms with Crippen molar-refractivity contribution in [2.24, 2.45) is 12.0 Å². The average molecular weight is 343 g/mol. The molecule has 0 N–H and O–H groups in total. The van der Waals surface area contributed by atoms with Gasteiger partial charge in [0.1, 0.15) is 5.82 Å². The summed E-state index contributed by atoms with van der Waals surface area (Å²) in [7, 11) is 1.81. The molecule has 1 amide bonds. The van der Waals surface area contributed by atoms with E-state index in [9.17, 15) is 9.18 Å². The second-order valence-electron chi connectivity index (χ2n) is 4.96. The third-order valence-corrected chi connectivity index (χ3v) is 5.56. The third kappa shape index (κ3) is 2.47. The summed E-state index contributed by atoms with van der Waals surface area (Å²) in [6, 6.07) is 12.1. The van der Waals surface area contributed by atoms with Gasteiger partial charge in [0.25, 0.3) is 0 Å². The lowest BCUT2D eigenvalue weighted by Gasteiger charge is -1.94. The number of rotatable bonds is 1. The molecule has 4 rings (SSSR count). The molecular formula is C16H10FN3OS2. The molecule has 0 aliphatic heterocycles. The number of aryl methyl sites for hydroxylation is 1. The van der Waals surface area contributed by atoms with Crippen molar-refractivity contribution in [2.75, 3.05) is 0 Å². The first-order chi connectivity index (χ1) is 11.1. The maximum atomic E-state index is 13.3. The maximum Gasteiger partial charge on any atom is 0.308 e. The van der Waals surface area contributed by atoms with E-state index >= 15 is 0 Å². The monoisotopic (exact) mass is 343 g/mol. The molecule has 0 atom stereocenters. The lowest BCUT2D eigenvalue weighted by molar-refractivity contribution is 0.0998. The van der Waals surface area contributed by atoms with E-state index in [1.54, 1.807) is 17.7 Å². The summed E-state index contributed by atoms with van der Waals surface area (Å²) >= 11 is 2.60. The predicted octanol–water partition coefficient (Wildman–Crippen LogP) is 3.73. The van der Waals surface area contributed by atoms with Gasteiger partial charge in [-0.25, -0.2) is 9.37 Å². The van der Waals surface area contributed by atoms with Crippen LogP contribution in [0.25, 0.3) is 20.4 Å². The van der Waals surface area contributed by atoms with E-state index < -0.39 is 0 Å². The van der Waals surface area contributed by atoms with Crippen molar-refractivity contribution >= 4 is 49.0 Å². The molecule has 0 aliphatic carbocycles. The fourth-order valence-electron chi connectivity index (χ4n) is 2.31. The van der Waals surface area contributed by atoms with Crippen molar-refractivity contribution in [1.29, 1.82) is 0 Å². The molecule has 0 radical (unpaired) electrons. The number of nitrogens with zero attached hydrogens (tertiary/aromatic N) is 3. The minimum absolute atomic E-state index is 0.302.